The molecular weight excluding hydrogens is 360 g/mol. The van der Waals surface area contributed by atoms with Gasteiger partial charge in [0.1, 0.15) is 0 Å². The van der Waals surface area contributed by atoms with E-state index in [0.29, 0.717) is 18.1 Å². The fourth-order valence-corrected chi connectivity index (χ4v) is 4.41. The van der Waals surface area contributed by atoms with Crippen LogP contribution in [-0.4, -0.2) is 92.1 Å². The van der Waals surface area contributed by atoms with E-state index in [-0.39, 0.29) is 0 Å². The van der Waals surface area contributed by atoms with Crippen molar-refractivity contribution in [2.24, 2.45) is 4.99 Å². The van der Waals surface area contributed by atoms with Crippen LogP contribution in [0.2, 0.25) is 0 Å². The van der Waals surface area contributed by atoms with Crippen molar-refractivity contribution in [2.75, 3.05) is 53.4 Å². The summed E-state index contributed by atoms with van der Waals surface area (Å²) in [5, 5.41) is 7.17. The lowest BCUT2D eigenvalue weighted by Gasteiger charge is -2.39. The third-order valence-electron chi connectivity index (χ3n) is 6.37. The number of rotatable bonds is 6. The highest BCUT2D eigenvalue weighted by molar-refractivity contribution is 5.80. The quantitative estimate of drug-likeness (QED) is 0.564. The summed E-state index contributed by atoms with van der Waals surface area (Å²) in [6, 6.07) is 12.4. The van der Waals surface area contributed by atoms with E-state index in [2.05, 4.69) is 83.6 Å². The normalized spacial score (nSPS) is 27.7. The summed E-state index contributed by atoms with van der Waals surface area (Å²) < 4.78 is 0. The second kappa shape index (κ2) is 11.0. The molecule has 6 nitrogen and oxygen atoms in total. The van der Waals surface area contributed by atoms with E-state index >= 15 is 0 Å². The van der Waals surface area contributed by atoms with Crippen LogP contribution >= 0.6 is 0 Å². The number of guanidine groups is 1. The largest absolute Gasteiger partial charge is 0.357 e. The summed E-state index contributed by atoms with van der Waals surface area (Å²) in [7, 11) is 4.43. The lowest BCUT2D eigenvalue weighted by Crippen LogP contribution is -2.53. The molecule has 0 bridgehead atoms. The molecule has 0 radical (unpaired) electrons. The number of hydrogen-bond acceptors (Lipinski definition) is 4. The standard InChI is InChI=1S/C23H40N6/c1-5-24-23(25-16-22-18-27(3)13-14-28(22)4)26-21-11-12-29(19(2)15-21)17-20-9-7-6-8-10-20/h6-10,19,21-22H,5,11-18H2,1-4H3,(H2,24,25,26). The third kappa shape index (κ3) is 6.69. The van der Waals surface area contributed by atoms with Gasteiger partial charge in [0.25, 0.3) is 0 Å². The Kier molecular flexibility index (Phi) is 8.33. The maximum atomic E-state index is 4.94. The molecule has 0 aliphatic carbocycles. The summed E-state index contributed by atoms with van der Waals surface area (Å²) in [5.41, 5.74) is 1.40. The zero-order chi connectivity index (χ0) is 20.6. The van der Waals surface area contributed by atoms with Crippen LogP contribution in [0.15, 0.2) is 35.3 Å². The molecule has 3 atom stereocenters. The molecule has 29 heavy (non-hydrogen) atoms. The van der Waals surface area contributed by atoms with E-state index in [1.165, 1.54) is 5.56 Å². The highest BCUT2D eigenvalue weighted by Crippen LogP contribution is 2.20. The SMILES string of the molecule is CCNC(=NCC1CN(C)CCN1C)NC1CCN(Cc2ccccc2)C(C)C1. The fourth-order valence-electron chi connectivity index (χ4n) is 4.41. The van der Waals surface area contributed by atoms with Crippen molar-refractivity contribution in [3.63, 3.8) is 0 Å². The van der Waals surface area contributed by atoms with Crippen molar-refractivity contribution in [1.29, 1.82) is 0 Å². The number of piperidine rings is 1. The zero-order valence-corrected chi connectivity index (χ0v) is 18.8. The number of nitrogens with one attached hydrogen (secondary N) is 2. The topological polar surface area (TPSA) is 46.1 Å². The van der Waals surface area contributed by atoms with Gasteiger partial charge in [-0.1, -0.05) is 30.3 Å². The van der Waals surface area contributed by atoms with E-state index in [9.17, 15) is 0 Å². The van der Waals surface area contributed by atoms with Gasteiger partial charge >= 0.3 is 0 Å². The number of hydrogen-bond donors (Lipinski definition) is 2. The molecular formula is C23H40N6. The van der Waals surface area contributed by atoms with Gasteiger partial charge in [-0.25, -0.2) is 0 Å². The molecule has 1 aromatic carbocycles. The van der Waals surface area contributed by atoms with Gasteiger partial charge in [0.15, 0.2) is 5.96 Å². The smallest absolute Gasteiger partial charge is 0.191 e. The van der Waals surface area contributed by atoms with E-state index in [1.807, 2.05) is 0 Å². The molecule has 0 amide bonds. The molecule has 162 valence electrons. The molecule has 2 saturated heterocycles. The Bertz CT molecular complexity index is 634. The predicted octanol–water partition coefficient (Wildman–Crippen LogP) is 1.84. The number of aliphatic imine (C=N–C) groups is 1. The molecule has 6 heteroatoms. The monoisotopic (exact) mass is 400 g/mol. The summed E-state index contributed by atoms with van der Waals surface area (Å²) in [4.78, 5) is 12.4. The second-order valence-corrected chi connectivity index (χ2v) is 8.79. The minimum atomic E-state index is 0.488. The lowest BCUT2D eigenvalue weighted by molar-refractivity contribution is 0.119. The number of benzene rings is 1. The van der Waals surface area contributed by atoms with Crippen LogP contribution < -0.4 is 10.6 Å². The summed E-state index contributed by atoms with van der Waals surface area (Å²) in [5.74, 6) is 0.975. The van der Waals surface area contributed by atoms with Crippen LogP contribution in [0.5, 0.6) is 0 Å². The molecule has 2 N–H and O–H groups in total. The molecule has 2 fully saturated rings. The minimum absolute atomic E-state index is 0.488. The van der Waals surface area contributed by atoms with E-state index in [4.69, 9.17) is 4.99 Å². The van der Waals surface area contributed by atoms with E-state index in [1.54, 1.807) is 0 Å². The molecule has 0 aromatic heterocycles. The molecule has 2 aliphatic rings. The maximum absolute atomic E-state index is 4.94. The molecule has 2 aliphatic heterocycles. The van der Waals surface area contributed by atoms with Crippen molar-refractivity contribution in [2.45, 2.75) is 51.4 Å². The molecule has 0 spiro atoms. The van der Waals surface area contributed by atoms with Gasteiger partial charge in [-0.05, 0) is 46.3 Å². The van der Waals surface area contributed by atoms with Gasteiger partial charge < -0.3 is 15.5 Å². The minimum Gasteiger partial charge on any atom is -0.357 e. The van der Waals surface area contributed by atoms with Crippen molar-refractivity contribution < 1.29 is 0 Å². The Morgan fingerprint density at radius 2 is 1.93 bits per heavy atom. The highest BCUT2D eigenvalue weighted by Gasteiger charge is 2.26. The average Bonchev–Trinajstić information content (AvgIpc) is 2.71. The molecule has 1 aromatic rings. The number of likely N-dealkylation sites (N-methyl/N-ethyl adjacent to an activating group) is 2. The first-order valence-electron chi connectivity index (χ1n) is 11.3. The Balaban J connectivity index is 1.51. The van der Waals surface area contributed by atoms with Crippen molar-refractivity contribution in [3.05, 3.63) is 35.9 Å². The van der Waals surface area contributed by atoms with Crippen molar-refractivity contribution >= 4 is 5.96 Å². The van der Waals surface area contributed by atoms with Gasteiger partial charge in [0.2, 0.25) is 0 Å². The summed E-state index contributed by atoms with van der Waals surface area (Å²) in [6.07, 6.45) is 2.32. The Morgan fingerprint density at radius 1 is 1.14 bits per heavy atom. The maximum Gasteiger partial charge on any atom is 0.191 e. The number of piperazine rings is 1. The second-order valence-electron chi connectivity index (χ2n) is 8.79. The van der Waals surface area contributed by atoms with Crippen LogP contribution in [-0.2, 0) is 6.54 Å². The molecule has 2 heterocycles. The zero-order valence-electron chi connectivity index (χ0n) is 18.8. The first-order valence-corrected chi connectivity index (χ1v) is 11.3. The van der Waals surface area contributed by atoms with Crippen molar-refractivity contribution in [3.8, 4) is 0 Å². The highest BCUT2D eigenvalue weighted by atomic mass is 15.3. The van der Waals surface area contributed by atoms with Crippen LogP contribution in [0, 0.1) is 0 Å². The van der Waals surface area contributed by atoms with Gasteiger partial charge in [-0.3, -0.25) is 14.8 Å². The predicted molar refractivity (Wildman–Crippen MR) is 122 cm³/mol. The van der Waals surface area contributed by atoms with Crippen LogP contribution in [0.25, 0.3) is 0 Å². The van der Waals surface area contributed by atoms with E-state index in [0.717, 1.165) is 64.6 Å². The van der Waals surface area contributed by atoms with Gasteiger partial charge in [0, 0.05) is 57.4 Å². The van der Waals surface area contributed by atoms with Crippen LogP contribution in [0.1, 0.15) is 32.3 Å². The number of nitrogens with zero attached hydrogens (tertiary/aromatic N) is 4. The molecule has 3 unspecified atom stereocenters. The fraction of sp³-hybridized carbons (Fsp3) is 0.696. The summed E-state index contributed by atoms with van der Waals surface area (Å²) >= 11 is 0. The first kappa shape index (κ1) is 22.1. The third-order valence-corrected chi connectivity index (χ3v) is 6.37. The average molecular weight is 401 g/mol. The number of likely N-dealkylation sites (tertiary alicyclic amines) is 1. The van der Waals surface area contributed by atoms with Crippen LogP contribution in [0.3, 0.4) is 0 Å². The Hall–Kier alpha value is -1.63. The lowest BCUT2D eigenvalue weighted by atomic mass is 9.97. The Labute approximate surface area is 177 Å². The van der Waals surface area contributed by atoms with Gasteiger partial charge in [-0.15, -0.1) is 0 Å². The van der Waals surface area contributed by atoms with Crippen LogP contribution in [0.4, 0.5) is 0 Å². The molecule has 0 saturated carbocycles. The first-order chi connectivity index (χ1) is 14.0. The molecule has 3 rings (SSSR count). The Morgan fingerprint density at radius 3 is 2.66 bits per heavy atom. The van der Waals surface area contributed by atoms with Gasteiger partial charge in [-0.2, -0.15) is 0 Å². The van der Waals surface area contributed by atoms with E-state index < -0.39 is 0 Å². The summed E-state index contributed by atoms with van der Waals surface area (Å²) in [6.45, 7) is 11.8. The van der Waals surface area contributed by atoms with Gasteiger partial charge in [0.05, 0.1) is 6.54 Å². The van der Waals surface area contributed by atoms with Crippen molar-refractivity contribution in [1.82, 2.24) is 25.3 Å².